The first kappa shape index (κ1) is 12.8. The number of benzene rings is 1. The highest BCUT2D eigenvalue weighted by Gasteiger charge is 1.87. The average molecular weight is 215 g/mol. The second-order valence-corrected chi connectivity index (χ2v) is 3.73. The highest BCUT2D eigenvalue weighted by molar-refractivity contribution is 7.88. The number of hydrogen-bond acceptors (Lipinski definition) is 3. The van der Waals surface area contributed by atoms with E-state index in [1.807, 2.05) is 30.3 Å². The molecular weight excluding hydrogens is 202 g/mol. The van der Waals surface area contributed by atoms with Crippen molar-refractivity contribution in [1.29, 1.82) is 0 Å². The third-order valence-electron chi connectivity index (χ3n) is 1.29. The molecule has 0 unspecified atom stereocenters. The van der Waals surface area contributed by atoms with Crippen molar-refractivity contribution in [2.75, 3.05) is 0 Å². The fraction of sp³-hybridized carbons (Fsp3) is 0.111. The summed E-state index contributed by atoms with van der Waals surface area (Å²) in [6.45, 7) is 3.43. The van der Waals surface area contributed by atoms with Crippen LogP contribution >= 0.6 is 0 Å². The molecule has 3 N–H and O–H groups in total. The molecule has 78 valence electrons. The summed E-state index contributed by atoms with van der Waals surface area (Å²) in [5.74, 6) is 0. The molecule has 0 radical (unpaired) electrons. The van der Waals surface area contributed by atoms with Crippen LogP contribution in [0.15, 0.2) is 42.3 Å². The molecule has 0 amide bonds. The minimum Gasteiger partial charge on any atom is -0.326 e. The maximum Gasteiger partial charge on any atom is 0.287 e. The molecule has 0 aliphatic carbocycles. The molecule has 4 nitrogen and oxygen atoms in total. The number of hydrogen-bond donors (Lipinski definition) is 2. The van der Waals surface area contributed by atoms with Crippen molar-refractivity contribution in [3.05, 3.63) is 47.9 Å². The molecule has 0 aliphatic rings. The zero-order valence-corrected chi connectivity index (χ0v) is 8.44. The Bertz CT molecular complexity index is 347. The van der Waals surface area contributed by atoms with Crippen molar-refractivity contribution >= 4 is 10.1 Å². The van der Waals surface area contributed by atoms with Crippen LogP contribution in [0.4, 0.5) is 0 Å². The Morgan fingerprint density at radius 2 is 1.79 bits per heavy atom. The summed E-state index contributed by atoms with van der Waals surface area (Å²) >= 11 is 0. The van der Waals surface area contributed by atoms with Crippen LogP contribution in [0, 0.1) is 0 Å². The Balaban J connectivity index is 0.000000255. The first-order valence-corrected chi connectivity index (χ1v) is 5.34. The zero-order chi connectivity index (χ0) is 11.0. The predicted octanol–water partition coefficient (Wildman–Crippen LogP) is 1.16. The van der Waals surface area contributed by atoms with Gasteiger partial charge in [-0.1, -0.05) is 36.9 Å². The maximum atomic E-state index is 9.44. The fourth-order valence-corrected chi connectivity index (χ4v) is 0.614. The van der Waals surface area contributed by atoms with Gasteiger partial charge in [-0.05, 0) is 5.56 Å². The van der Waals surface area contributed by atoms with Gasteiger partial charge in [0.1, 0.15) is 0 Å². The molecule has 1 aromatic rings. The van der Waals surface area contributed by atoms with Crippen molar-refractivity contribution < 1.29 is 13.0 Å². The van der Waals surface area contributed by atoms with E-state index in [1.165, 1.54) is 5.56 Å². The Morgan fingerprint density at radius 3 is 2.00 bits per heavy atom. The van der Waals surface area contributed by atoms with Crippen LogP contribution in [0.5, 0.6) is 0 Å². The van der Waals surface area contributed by atoms with E-state index in [4.69, 9.17) is 10.3 Å². The summed E-state index contributed by atoms with van der Waals surface area (Å²) in [7, 11) is -3.90. The Kier molecular flexibility index (Phi) is 5.78. The van der Waals surface area contributed by atoms with Gasteiger partial charge in [-0.3, -0.25) is 4.55 Å². The molecule has 0 atom stereocenters. The summed E-state index contributed by atoms with van der Waals surface area (Å²) in [4.78, 5) is 0. The van der Waals surface area contributed by atoms with Crippen molar-refractivity contribution in [3.63, 3.8) is 0 Å². The second-order valence-electron chi connectivity index (χ2n) is 2.37. The summed E-state index contributed by atoms with van der Waals surface area (Å²) < 4.78 is 26.6. The van der Waals surface area contributed by atoms with Gasteiger partial charge in [0.15, 0.2) is 0 Å². The van der Waals surface area contributed by atoms with Gasteiger partial charge in [0.05, 0.1) is 5.41 Å². The molecule has 5 heteroatoms. The highest BCUT2D eigenvalue weighted by atomic mass is 32.2. The molecule has 0 aromatic heterocycles. The van der Waals surface area contributed by atoms with Gasteiger partial charge in [0, 0.05) is 6.54 Å². The number of nitrogens with two attached hydrogens (primary N) is 1. The Morgan fingerprint density at radius 1 is 1.36 bits per heavy atom. The molecule has 0 aliphatic heterocycles. The quantitative estimate of drug-likeness (QED) is 0.725. The lowest BCUT2D eigenvalue weighted by Crippen LogP contribution is -1.94. The van der Waals surface area contributed by atoms with Crippen molar-refractivity contribution in [1.82, 2.24) is 0 Å². The molecular formula is C9H13NO3S. The fourth-order valence-electron chi connectivity index (χ4n) is 0.614. The summed E-state index contributed by atoms with van der Waals surface area (Å²) in [5.41, 5.74) is 6.54. The first-order chi connectivity index (χ1) is 6.49. The Hall–Kier alpha value is -1.17. The molecule has 14 heavy (non-hydrogen) atoms. The maximum absolute atomic E-state index is 9.44. The normalized spacial score (nSPS) is 9.86. The standard InChI is InChI=1S/C7H9N.C2H4O3S/c8-6-7-4-2-1-3-5-7;1-2-6(3,4)5/h1-5H,6,8H2;2H,1H2,(H,3,4,5). The van der Waals surface area contributed by atoms with Crippen LogP contribution in [-0.2, 0) is 16.7 Å². The monoisotopic (exact) mass is 215 g/mol. The van der Waals surface area contributed by atoms with Crippen LogP contribution in [0.2, 0.25) is 0 Å². The molecule has 0 bridgehead atoms. The summed E-state index contributed by atoms with van der Waals surface area (Å²) in [6.07, 6.45) is 0. The van der Waals surface area contributed by atoms with E-state index in [-0.39, 0.29) is 0 Å². The molecule has 1 aromatic carbocycles. The lowest BCUT2D eigenvalue weighted by molar-refractivity contribution is 0.494. The molecule has 0 spiro atoms. The van der Waals surface area contributed by atoms with Gasteiger partial charge in [0.25, 0.3) is 10.1 Å². The third kappa shape index (κ3) is 7.48. The van der Waals surface area contributed by atoms with Crippen molar-refractivity contribution in [2.24, 2.45) is 5.73 Å². The van der Waals surface area contributed by atoms with Crippen LogP contribution < -0.4 is 5.73 Å². The van der Waals surface area contributed by atoms with Gasteiger partial charge in [-0.2, -0.15) is 8.42 Å². The average Bonchev–Trinajstić information content (AvgIpc) is 2.19. The minimum atomic E-state index is -3.90. The van der Waals surface area contributed by atoms with E-state index in [2.05, 4.69) is 6.58 Å². The zero-order valence-electron chi connectivity index (χ0n) is 7.63. The molecule has 0 heterocycles. The van der Waals surface area contributed by atoms with E-state index in [1.54, 1.807) is 0 Å². The van der Waals surface area contributed by atoms with Crippen LogP contribution in [0.1, 0.15) is 5.56 Å². The van der Waals surface area contributed by atoms with Gasteiger partial charge >= 0.3 is 0 Å². The summed E-state index contributed by atoms with van der Waals surface area (Å²) in [6, 6.07) is 9.99. The topological polar surface area (TPSA) is 80.4 Å². The van der Waals surface area contributed by atoms with E-state index in [0.717, 1.165) is 0 Å². The van der Waals surface area contributed by atoms with Crippen LogP contribution in [0.25, 0.3) is 0 Å². The minimum absolute atomic E-state index is 0.465. The third-order valence-corrected chi connectivity index (χ3v) is 1.71. The predicted molar refractivity (Wildman–Crippen MR) is 56.1 cm³/mol. The van der Waals surface area contributed by atoms with E-state index < -0.39 is 10.1 Å². The van der Waals surface area contributed by atoms with E-state index >= 15 is 0 Å². The molecule has 0 fully saturated rings. The molecule has 1 rings (SSSR count). The van der Waals surface area contributed by atoms with Crippen LogP contribution in [-0.4, -0.2) is 13.0 Å². The second kappa shape index (κ2) is 6.31. The van der Waals surface area contributed by atoms with Gasteiger partial charge in [-0.25, -0.2) is 0 Å². The smallest absolute Gasteiger partial charge is 0.287 e. The lowest BCUT2D eigenvalue weighted by Gasteiger charge is -1.90. The van der Waals surface area contributed by atoms with Crippen molar-refractivity contribution in [2.45, 2.75) is 6.54 Å². The van der Waals surface area contributed by atoms with E-state index in [0.29, 0.717) is 12.0 Å². The van der Waals surface area contributed by atoms with E-state index in [9.17, 15) is 8.42 Å². The lowest BCUT2D eigenvalue weighted by atomic mass is 10.2. The highest BCUT2D eigenvalue weighted by Crippen LogP contribution is 1.94. The van der Waals surface area contributed by atoms with Gasteiger partial charge in [0.2, 0.25) is 0 Å². The van der Waals surface area contributed by atoms with Crippen LogP contribution in [0.3, 0.4) is 0 Å². The van der Waals surface area contributed by atoms with Crippen molar-refractivity contribution in [3.8, 4) is 0 Å². The van der Waals surface area contributed by atoms with Gasteiger partial charge < -0.3 is 5.73 Å². The molecule has 0 saturated heterocycles. The first-order valence-electron chi connectivity index (χ1n) is 3.83. The SMILES string of the molecule is C=CS(=O)(=O)O.NCc1ccccc1. The molecule has 0 saturated carbocycles. The Labute approximate surface area is 83.8 Å². The summed E-state index contributed by atoms with van der Waals surface area (Å²) in [5, 5.41) is 0.465. The van der Waals surface area contributed by atoms with Gasteiger partial charge in [-0.15, -0.1) is 0 Å². The number of rotatable bonds is 2. The largest absolute Gasteiger partial charge is 0.326 e.